The van der Waals surface area contributed by atoms with Crippen molar-refractivity contribution in [3.63, 3.8) is 0 Å². The molecule has 2 heterocycles. The van der Waals surface area contributed by atoms with E-state index in [9.17, 15) is 14.9 Å². The summed E-state index contributed by atoms with van der Waals surface area (Å²) in [5.41, 5.74) is 2.74. The van der Waals surface area contributed by atoms with E-state index in [0.717, 1.165) is 18.5 Å². The van der Waals surface area contributed by atoms with E-state index in [1.165, 1.54) is 20.6 Å². The molecule has 0 atom stereocenters. The second-order valence-electron chi connectivity index (χ2n) is 8.74. The van der Waals surface area contributed by atoms with Crippen molar-refractivity contribution in [3.8, 4) is 0 Å². The molecule has 1 aliphatic heterocycles. The summed E-state index contributed by atoms with van der Waals surface area (Å²) in [5.74, 6) is 0. The largest absolute Gasteiger partial charge is 0.357 e. The molecule has 0 saturated carbocycles. The maximum absolute atomic E-state index is 12.9. The molecule has 4 aromatic rings. The van der Waals surface area contributed by atoms with Crippen LogP contribution in [0.15, 0.2) is 89.7 Å². The Labute approximate surface area is 197 Å². The van der Waals surface area contributed by atoms with Crippen LogP contribution >= 0.6 is 0 Å². The number of pyridine rings is 1. The van der Waals surface area contributed by atoms with E-state index in [4.69, 9.17) is 0 Å². The number of para-hydroxylation sites is 1. The van der Waals surface area contributed by atoms with Crippen molar-refractivity contribution in [1.82, 2.24) is 4.57 Å². The van der Waals surface area contributed by atoms with Gasteiger partial charge < -0.3 is 14.4 Å². The van der Waals surface area contributed by atoms with Gasteiger partial charge in [0.1, 0.15) is 11.7 Å². The Bertz CT molecular complexity index is 1340. The zero-order valence-corrected chi connectivity index (χ0v) is 19.1. The van der Waals surface area contributed by atoms with Crippen LogP contribution in [0.1, 0.15) is 17.2 Å². The minimum Gasteiger partial charge on any atom is -0.354 e. The molecule has 5 rings (SSSR count). The van der Waals surface area contributed by atoms with Crippen LogP contribution in [0.2, 0.25) is 0 Å². The van der Waals surface area contributed by atoms with Crippen molar-refractivity contribution >= 4 is 22.3 Å². The molecule has 1 saturated heterocycles. The molecule has 0 aliphatic carbocycles. The molecule has 7 heteroatoms. The van der Waals surface area contributed by atoms with Crippen molar-refractivity contribution in [2.24, 2.45) is 7.05 Å². The van der Waals surface area contributed by atoms with E-state index in [1.807, 2.05) is 41.3 Å². The number of anilines is 1. The first kappa shape index (κ1) is 21.9. The lowest BCUT2D eigenvalue weighted by Gasteiger charge is -2.38. The average molecular weight is 456 g/mol. The summed E-state index contributed by atoms with van der Waals surface area (Å²) < 4.78 is 1.37. The lowest BCUT2D eigenvalue weighted by atomic mass is 9.96. The van der Waals surface area contributed by atoms with Crippen LogP contribution in [0.3, 0.4) is 0 Å². The molecule has 1 aromatic heterocycles. The maximum atomic E-state index is 12.9. The van der Waals surface area contributed by atoms with Crippen LogP contribution in [0.25, 0.3) is 10.9 Å². The SMILES string of the molecule is Cn1c(=O)c([N+](=O)[O-])c(N2CC[NH+](C(c3ccccc3)c3ccccc3)CC2)c2ccccc21. The number of rotatable bonds is 5. The van der Waals surface area contributed by atoms with Crippen LogP contribution < -0.4 is 15.4 Å². The molecule has 172 valence electrons. The lowest BCUT2D eigenvalue weighted by molar-refractivity contribution is -0.926. The third-order valence-electron chi connectivity index (χ3n) is 6.83. The second-order valence-corrected chi connectivity index (χ2v) is 8.74. The van der Waals surface area contributed by atoms with Gasteiger partial charge in [-0.1, -0.05) is 78.9 Å². The first-order valence-corrected chi connectivity index (χ1v) is 11.5. The molecule has 0 bridgehead atoms. The summed E-state index contributed by atoms with van der Waals surface area (Å²) in [6, 6.07) is 28.6. The topological polar surface area (TPSA) is 72.8 Å². The number of aryl methyl sites for hydroxylation is 1. The number of aromatic nitrogens is 1. The Kier molecular flexibility index (Phi) is 5.86. The van der Waals surface area contributed by atoms with Gasteiger partial charge in [0.2, 0.25) is 0 Å². The molecular formula is C27H27N4O3+. The van der Waals surface area contributed by atoms with E-state index in [2.05, 4.69) is 48.5 Å². The van der Waals surface area contributed by atoms with Gasteiger partial charge in [-0.2, -0.15) is 0 Å². The van der Waals surface area contributed by atoms with Crippen molar-refractivity contribution in [3.05, 3.63) is 117 Å². The highest BCUT2D eigenvalue weighted by Crippen LogP contribution is 2.33. The molecular weight excluding hydrogens is 428 g/mol. The molecule has 1 fully saturated rings. The van der Waals surface area contributed by atoms with Gasteiger partial charge in [0, 0.05) is 23.6 Å². The van der Waals surface area contributed by atoms with Crippen molar-refractivity contribution < 1.29 is 9.82 Å². The summed E-state index contributed by atoms with van der Waals surface area (Å²) in [7, 11) is 1.59. The standard InChI is InChI=1S/C27H26N4O3/c1-28-23-15-9-8-14-22(23)25(26(27(28)32)31(33)34)30-18-16-29(17-19-30)24(20-10-4-2-5-11-20)21-12-6-3-7-13-21/h2-15,24H,16-19H2,1H3/p+1. The summed E-state index contributed by atoms with van der Waals surface area (Å²) in [5, 5.41) is 12.7. The molecule has 0 amide bonds. The van der Waals surface area contributed by atoms with E-state index in [1.54, 1.807) is 7.05 Å². The average Bonchev–Trinajstić information content (AvgIpc) is 2.88. The highest BCUT2D eigenvalue weighted by atomic mass is 16.6. The number of nitro groups is 1. The van der Waals surface area contributed by atoms with Crippen molar-refractivity contribution in [2.75, 3.05) is 31.1 Å². The zero-order valence-electron chi connectivity index (χ0n) is 19.1. The third-order valence-corrected chi connectivity index (χ3v) is 6.83. The van der Waals surface area contributed by atoms with Crippen LogP contribution in [-0.4, -0.2) is 35.7 Å². The summed E-state index contributed by atoms with van der Waals surface area (Å²) >= 11 is 0. The molecule has 1 N–H and O–H groups in total. The predicted octanol–water partition coefficient (Wildman–Crippen LogP) is 2.94. The molecule has 1 aliphatic rings. The van der Waals surface area contributed by atoms with Gasteiger partial charge in [0.25, 0.3) is 0 Å². The second kappa shape index (κ2) is 9.11. The third kappa shape index (κ3) is 3.84. The van der Waals surface area contributed by atoms with Crippen LogP contribution in [0.5, 0.6) is 0 Å². The predicted molar refractivity (Wildman–Crippen MR) is 133 cm³/mol. The Morgan fingerprint density at radius 2 is 1.38 bits per heavy atom. The zero-order chi connectivity index (χ0) is 23.7. The monoisotopic (exact) mass is 455 g/mol. The number of fused-ring (bicyclic) bond motifs is 1. The molecule has 0 spiro atoms. The number of piperazine rings is 1. The molecule has 34 heavy (non-hydrogen) atoms. The first-order valence-electron chi connectivity index (χ1n) is 11.5. The van der Waals surface area contributed by atoms with Gasteiger partial charge in [0.05, 0.1) is 36.6 Å². The Morgan fingerprint density at radius 3 is 1.94 bits per heavy atom. The lowest BCUT2D eigenvalue weighted by Crippen LogP contribution is -3.15. The Balaban J connectivity index is 1.51. The minimum atomic E-state index is -0.570. The van der Waals surface area contributed by atoms with E-state index < -0.39 is 10.5 Å². The van der Waals surface area contributed by atoms with Gasteiger partial charge in [-0.3, -0.25) is 14.9 Å². The van der Waals surface area contributed by atoms with Gasteiger partial charge in [-0.05, 0) is 6.07 Å². The highest BCUT2D eigenvalue weighted by molar-refractivity contribution is 5.96. The number of nitrogens with zero attached hydrogens (tertiary/aromatic N) is 3. The molecule has 0 unspecified atom stereocenters. The summed E-state index contributed by atoms with van der Waals surface area (Å²) in [6.45, 7) is 2.86. The van der Waals surface area contributed by atoms with Gasteiger partial charge >= 0.3 is 11.2 Å². The molecule has 3 aromatic carbocycles. The fourth-order valence-corrected chi connectivity index (χ4v) is 5.21. The number of benzene rings is 3. The van der Waals surface area contributed by atoms with E-state index in [-0.39, 0.29) is 11.7 Å². The Morgan fingerprint density at radius 1 is 0.853 bits per heavy atom. The maximum Gasteiger partial charge on any atom is 0.357 e. The number of hydrogen-bond donors (Lipinski definition) is 1. The fourth-order valence-electron chi connectivity index (χ4n) is 5.21. The van der Waals surface area contributed by atoms with E-state index >= 15 is 0 Å². The summed E-state index contributed by atoms with van der Waals surface area (Å²) in [4.78, 5) is 27.8. The smallest absolute Gasteiger partial charge is 0.354 e. The van der Waals surface area contributed by atoms with Gasteiger partial charge in [-0.15, -0.1) is 0 Å². The van der Waals surface area contributed by atoms with E-state index in [0.29, 0.717) is 24.3 Å². The Hall–Kier alpha value is -3.97. The molecule has 0 radical (unpaired) electrons. The fraction of sp³-hybridized carbons (Fsp3) is 0.222. The normalized spacial score (nSPS) is 14.6. The number of nitrogens with one attached hydrogen (secondary N) is 1. The first-order chi connectivity index (χ1) is 16.6. The number of hydrogen-bond acceptors (Lipinski definition) is 4. The highest BCUT2D eigenvalue weighted by Gasteiger charge is 2.34. The van der Waals surface area contributed by atoms with Crippen LogP contribution in [0.4, 0.5) is 11.4 Å². The van der Waals surface area contributed by atoms with Gasteiger partial charge in [-0.25, -0.2) is 0 Å². The van der Waals surface area contributed by atoms with Crippen LogP contribution in [0, 0.1) is 10.1 Å². The van der Waals surface area contributed by atoms with Crippen molar-refractivity contribution in [2.45, 2.75) is 6.04 Å². The number of quaternary nitrogens is 1. The van der Waals surface area contributed by atoms with Crippen LogP contribution in [-0.2, 0) is 7.05 Å². The quantitative estimate of drug-likeness (QED) is 0.371. The summed E-state index contributed by atoms with van der Waals surface area (Å²) in [6.07, 6.45) is 0. The molecule has 7 nitrogen and oxygen atoms in total. The van der Waals surface area contributed by atoms with Gasteiger partial charge in [0.15, 0.2) is 0 Å². The minimum absolute atomic E-state index is 0.180. The van der Waals surface area contributed by atoms with Crippen molar-refractivity contribution in [1.29, 1.82) is 0 Å².